The Bertz CT molecular complexity index is 838. The largest absolute Gasteiger partial charge is 0.349 e. The van der Waals surface area contributed by atoms with Crippen LogP contribution in [0.3, 0.4) is 0 Å². The normalized spacial score (nSPS) is 11.3. The number of aryl methyl sites for hydroxylation is 3. The molecule has 0 saturated carbocycles. The summed E-state index contributed by atoms with van der Waals surface area (Å²) >= 11 is 5.17. The van der Waals surface area contributed by atoms with Gasteiger partial charge in [-0.2, -0.15) is 0 Å². The van der Waals surface area contributed by atoms with Crippen molar-refractivity contribution >= 4 is 38.6 Å². The van der Waals surface area contributed by atoms with E-state index in [9.17, 15) is 4.39 Å². The summed E-state index contributed by atoms with van der Waals surface area (Å²) in [6, 6.07) is 9.61. The molecule has 3 aromatic rings. The van der Waals surface area contributed by atoms with Gasteiger partial charge >= 0.3 is 0 Å². The summed E-state index contributed by atoms with van der Waals surface area (Å²) in [6.45, 7) is 3.93. The first-order valence-corrected chi connectivity index (χ1v) is 8.26. The van der Waals surface area contributed by atoms with Gasteiger partial charge < -0.3 is 4.57 Å². The van der Waals surface area contributed by atoms with Crippen molar-refractivity contribution in [3.63, 3.8) is 0 Å². The van der Waals surface area contributed by atoms with Crippen molar-refractivity contribution in [2.24, 2.45) is 7.05 Å². The van der Waals surface area contributed by atoms with Gasteiger partial charge in [-0.25, -0.2) is 4.39 Å². The number of fused-ring (bicyclic) bond motifs is 1. The predicted octanol–water partition coefficient (Wildman–Crippen LogP) is 5.85. The lowest BCUT2D eigenvalue weighted by Crippen LogP contribution is -1.87. The molecule has 0 unspecified atom stereocenters. The van der Waals surface area contributed by atoms with E-state index >= 15 is 0 Å². The monoisotopic (exact) mass is 363 g/mol. The minimum absolute atomic E-state index is 0.150. The van der Waals surface area contributed by atoms with E-state index in [0.29, 0.717) is 5.56 Å². The van der Waals surface area contributed by atoms with E-state index in [1.165, 1.54) is 16.5 Å². The SMILES string of the molecule is Cc1cc(Br)ccc1Sc1cn(C)c2ccc(F)c(C)c12. The van der Waals surface area contributed by atoms with Crippen molar-refractivity contribution in [3.05, 3.63) is 57.9 Å². The van der Waals surface area contributed by atoms with E-state index in [-0.39, 0.29) is 5.82 Å². The molecule has 0 spiro atoms. The Morgan fingerprint density at radius 1 is 1.10 bits per heavy atom. The quantitative estimate of drug-likeness (QED) is 0.552. The molecular weight excluding hydrogens is 349 g/mol. The van der Waals surface area contributed by atoms with Gasteiger partial charge in [0, 0.05) is 38.4 Å². The van der Waals surface area contributed by atoms with Crippen LogP contribution in [0, 0.1) is 19.7 Å². The van der Waals surface area contributed by atoms with Crippen LogP contribution in [0.25, 0.3) is 10.9 Å². The summed E-state index contributed by atoms with van der Waals surface area (Å²) in [7, 11) is 2.00. The Balaban J connectivity index is 2.15. The number of nitrogens with zero attached hydrogens (tertiary/aromatic N) is 1. The van der Waals surface area contributed by atoms with Crippen LogP contribution >= 0.6 is 27.7 Å². The standard InChI is InChI=1S/C17H15BrFNS/c1-10-8-12(18)4-7-15(10)21-16-9-20(3)14-6-5-13(19)11(2)17(14)16/h4-9H,1-3H3. The molecule has 1 heterocycles. The van der Waals surface area contributed by atoms with Crippen LogP contribution in [0.1, 0.15) is 11.1 Å². The molecule has 0 radical (unpaired) electrons. The average molecular weight is 364 g/mol. The molecule has 0 amide bonds. The highest BCUT2D eigenvalue weighted by Crippen LogP contribution is 2.38. The third-order valence-electron chi connectivity index (χ3n) is 3.67. The maximum atomic E-state index is 13.9. The second-order valence-corrected chi connectivity index (χ2v) is 7.18. The molecule has 0 atom stereocenters. The Kier molecular flexibility index (Phi) is 3.84. The van der Waals surface area contributed by atoms with Crippen LogP contribution in [0.15, 0.2) is 50.8 Å². The smallest absolute Gasteiger partial charge is 0.126 e. The maximum Gasteiger partial charge on any atom is 0.126 e. The van der Waals surface area contributed by atoms with Crippen molar-refractivity contribution < 1.29 is 4.39 Å². The van der Waals surface area contributed by atoms with Crippen molar-refractivity contribution in [1.29, 1.82) is 0 Å². The Labute approximate surface area is 136 Å². The van der Waals surface area contributed by atoms with Gasteiger partial charge in [0.15, 0.2) is 0 Å². The molecule has 0 bridgehead atoms. The van der Waals surface area contributed by atoms with Crippen LogP contribution in [0.2, 0.25) is 0 Å². The molecule has 4 heteroatoms. The molecule has 21 heavy (non-hydrogen) atoms. The molecule has 108 valence electrons. The highest BCUT2D eigenvalue weighted by molar-refractivity contribution is 9.10. The van der Waals surface area contributed by atoms with Gasteiger partial charge in [0.1, 0.15) is 5.82 Å². The summed E-state index contributed by atoms with van der Waals surface area (Å²) in [5, 5.41) is 1.00. The molecule has 0 N–H and O–H groups in total. The minimum atomic E-state index is -0.150. The second-order valence-electron chi connectivity index (χ2n) is 5.18. The van der Waals surface area contributed by atoms with Gasteiger partial charge in [-0.15, -0.1) is 0 Å². The number of hydrogen-bond acceptors (Lipinski definition) is 1. The summed E-state index contributed by atoms with van der Waals surface area (Å²) in [5.41, 5.74) is 2.98. The van der Waals surface area contributed by atoms with Crippen molar-refractivity contribution in [1.82, 2.24) is 4.57 Å². The molecule has 2 aromatic carbocycles. The lowest BCUT2D eigenvalue weighted by atomic mass is 10.1. The molecule has 1 nitrogen and oxygen atoms in total. The first-order chi connectivity index (χ1) is 9.97. The second kappa shape index (κ2) is 5.50. The fraction of sp³-hybridized carbons (Fsp3) is 0.176. The lowest BCUT2D eigenvalue weighted by Gasteiger charge is -2.06. The van der Waals surface area contributed by atoms with Gasteiger partial charge in [0.25, 0.3) is 0 Å². The Morgan fingerprint density at radius 3 is 2.57 bits per heavy atom. The van der Waals surface area contributed by atoms with E-state index < -0.39 is 0 Å². The first kappa shape index (κ1) is 14.7. The molecule has 0 fully saturated rings. The summed E-state index contributed by atoms with van der Waals surface area (Å²) in [4.78, 5) is 2.28. The number of aromatic nitrogens is 1. The molecule has 0 aliphatic carbocycles. The zero-order valence-corrected chi connectivity index (χ0v) is 14.5. The highest BCUT2D eigenvalue weighted by atomic mass is 79.9. The van der Waals surface area contributed by atoms with E-state index in [0.717, 1.165) is 20.3 Å². The van der Waals surface area contributed by atoms with Gasteiger partial charge in [-0.3, -0.25) is 0 Å². The third-order valence-corrected chi connectivity index (χ3v) is 5.37. The number of halogens is 2. The maximum absolute atomic E-state index is 13.9. The number of rotatable bonds is 2. The van der Waals surface area contributed by atoms with Crippen LogP contribution < -0.4 is 0 Å². The fourth-order valence-electron chi connectivity index (χ4n) is 2.51. The van der Waals surface area contributed by atoms with Gasteiger partial charge in [0.05, 0.1) is 0 Å². The lowest BCUT2D eigenvalue weighted by molar-refractivity contribution is 0.620. The van der Waals surface area contributed by atoms with Gasteiger partial charge in [-0.05, 0) is 55.3 Å². The molecule has 0 aliphatic rings. The van der Waals surface area contributed by atoms with Gasteiger partial charge in [0.2, 0.25) is 0 Å². The molecule has 1 aromatic heterocycles. The molecule has 0 aliphatic heterocycles. The summed E-state index contributed by atoms with van der Waals surface area (Å²) in [5.74, 6) is -0.150. The van der Waals surface area contributed by atoms with E-state index in [2.05, 4.69) is 45.8 Å². The molecule has 0 saturated heterocycles. The van der Waals surface area contributed by atoms with Crippen LogP contribution in [0.5, 0.6) is 0 Å². The Morgan fingerprint density at radius 2 is 1.86 bits per heavy atom. The summed E-state index contributed by atoms with van der Waals surface area (Å²) in [6.07, 6.45) is 2.07. The van der Waals surface area contributed by atoms with Crippen molar-refractivity contribution in [2.75, 3.05) is 0 Å². The van der Waals surface area contributed by atoms with Crippen molar-refractivity contribution in [3.8, 4) is 0 Å². The minimum Gasteiger partial charge on any atom is -0.349 e. The van der Waals surface area contributed by atoms with Crippen LogP contribution in [-0.2, 0) is 7.05 Å². The van der Waals surface area contributed by atoms with E-state index in [1.807, 2.05) is 26.1 Å². The fourth-order valence-corrected chi connectivity index (χ4v) is 4.15. The zero-order valence-electron chi connectivity index (χ0n) is 12.1. The van der Waals surface area contributed by atoms with Crippen molar-refractivity contribution in [2.45, 2.75) is 23.6 Å². The van der Waals surface area contributed by atoms with Crippen LogP contribution in [-0.4, -0.2) is 4.57 Å². The number of hydrogen-bond donors (Lipinski definition) is 0. The molecule has 3 rings (SSSR count). The first-order valence-electron chi connectivity index (χ1n) is 6.65. The summed E-state index contributed by atoms with van der Waals surface area (Å²) < 4.78 is 17.0. The zero-order chi connectivity index (χ0) is 15.1. The third kappa shape index (κ3) is 2.62. The predicted molar refractivity (Wildman–Crippen MR) is 90.6 cm³/mol. The molecular formula is C17H15BrFNS. The average Bonchev–Trinajstić information content (AvgIpc) is 2.74. The van der Waals surface area contributed by atoms with E-state index in [1.54, 1.807) is 11.8 Å². The topological polar surface area (TPSA) is 4.93 Å². The van der Waals surface area contributed by atoms with Crippen LogP contribution in [0.4, 0.5) is 4.39 Å². The van der Waals surface area contributed by atoms with Gasteiger partial charge in [-0.1, -0.05) is 27.7 Å². The Hall–Kier alpha value is -1.26. The highest BCUT2D eigenvalue weighted by Gasteiger charge is 2.14. The van der Waals surface area contributed by atoms with E-state index in [4.69, 9.17) is 0 Å². The number of benzene rings is 2.